The second-order valence-electron chi connectivity index (χ2n) is 11.9. The SMILES string of the molecule is CC(CC(C)(C)C)c1ccccc1.CC1CCC(C(C)C)C(C(C)(C)C)C1. The van der Waals surface area contributed by atoms with Crippen LogP contribution in [0.5, 0.6) is 0 Å². The third-order valence-electron chi connectivity index (χ3n) is 6.42. The lowest BCUT2D eigenvalue weighted by Gasteiger charge is -2.44. The molecule has 0 aliphatic heterocycles. The molecule has 0 saturated heterocycles. The van der Waals surface area contributed by atoms with Gasteiger partial charge in [-0.25, -0.2) is 0 Å². The molecule has 0 aromatic heterocycles. The molecule has 1 aliphatic carbocycles. The first-order valence-electron chi connectivity index (χ1n) is 11.4. The van der Waals surface area contributed by atoms with Gasteiger partial charge in [0.05, 0.1) is 0 Å². The molecule has 0 heterocycles. The van der Waals surface area contributed by atoms with Gasteiger partial charge in [0.1, 0.15) is 0 Å². The van der Waals surface area contributed by atoms with Crippen molar-refractivity contribution >= 4 is 0 Å². The summed E-state index contributed by atoms with van der Waals surface area (Å²) in [6.07, 6.45) is 5.61. The molecule has 0 spiro atoms. The Morgan fingerprint density at radius 2 is 1.44 bits per heavy atom. The number of hydrogen-bond donors (Lipinski definition) is 0. The predicted molar refractivity (Wildman–Crippen MR) is 123 cm³/mol. The number of rotatable bonds is 3. The summed E-state index contributed by atoms with van der Waals surface area (Å²) >= 11 is 0. The van der Waals surface area contributed by atoms with E-state index in [1.54, 1.807) is 0 Å². The van der Waals surface area contributed by atoms with Crippen molar-refractivity contribution in [2.45, 2.75) is 101 Å². The van der Waals surface area contributed by atoms with Gasteiger partial charge >= 0.3 is 0 Å². The number of hydrogen-bond acceptors (Lipinski definition) is 0. The molecule has 0 amide bonds. The van der Waals surface area contributed by atoms with E-state index < -0.39 is 0 Å². The summed E-state index contributed by atoms with van der Waals surface area (Å²) in [6.45, 7) is 23.7. The van der Waals surface area contributed by atoms with Crippen molar-refractivity contribution in [3.05, 3.63) is 35.9 Å². The fourth-order valence-electron chi connectivity index (χ4n) is 5.02. The number of benzene rings is 1. The molecule has 0 bridgehead atoms. The summed E-state index contributed by atoms with van der Waals surface area (Å²) in [5.41, 5.74) is 2.39. The van der Waals surface area contributed by atoms with Crippen molar-refractivity contribution in [3.63, 3.8) is 0 Å². The molecule has 0 radical (unpaired) electrons. The van der Waals surface area contributed by atoms with Gasteiger partial charge in [0.15, 0.2) is 0 Å². The van der Waals surface area contributed by atoms with E-state index in [1.807, 2.05) is 0 Å². The minimum absolute atomic E-state index is 0.426. The van der Waals surface area contributed by atoms with Gasteiger partial charge in [0, 0.05) is 0 Å². The Morgan fingerprint density at radius 3 is 1.89 bits per heavy atom. The monoisotopic (exact) mass is 372 g/mol. The molecular formula is C27H48. The third kappa shape index (κ3) is 8.84. The molecule has 0 heteroatoms. The molecule has 1 aliphatic rings. The van der Waals surface area contributed by atoms with Gasteiger partial charge in [-0.15, -0.1) is 0 Å². The van der Waals surface area contributed by atoms with Gasteiger partial charge in [0.2, 0.25) is 0 Å². The summed E-state index contributed by atoms with van der Waals surface area (Å²) < 4.78 is 0. The Kier molecular flexibility index (Phi) is 9.10. The minimum atomic E-state index is 0.426. The summed E-state index contributed by atoms with van der Waals surface area (Å²) in [5.74, 6) is 4.39. The van der Waals surface area contributed by atoms with Gasteiger partial charge in [-0.2, -0.15) is 0 Å². The van der Waals surface area contributed by atoms with Gasteiger partial charge < -0.3 is 0 Å². The normalized spacial score (nSPS) is 24.9. The quantitative estimate of drug-likeness (QED) is 0.496. The molecule has 1 fully saturated rings. The summed E-state index contributed by atoms with van der Waals surface area (Å²) in [6, 6.07) is 10.8. The zero-order chi connectivity index (χ0) is 20.8. The first-order valence-corrected chi connectivity index (χ1v) is 11.4. The van der Waals surface area contributed by atoms with E-state index in [9.17, 15) is 0 Å². The summed E-state index contributed by atoms with van der Waals surface area (Å²) in [5, 5.41) is 0. The lowest BCUT2D eigenvalue weighted by molar-refractivity contribution is 0.0538. The highest BCUT2D eigenvalue weighted by molar-refractivity contribution is 5.18. The second-order valence-corrected chi connectivity index (χ2v) is 11.9. The van der Waals surface area contributed by atoms with Gasteiger partial charge in [-0.3, -0.25) is 0 Å². The molecule has 2 rings (SSSR count). The Bertz CT molecular complexity index is 511. The lowest BCUT2D eigenvalue weighted by atomic mass is 9.61. The van der Waals surface area contributed by atoms with E-state index >= 15 is 0 Å². The average Bonchev–Trinajstić information content (AvgIpc) is 2.53. The first kappa shape index (κ1) is 24.3. The zero-order valence-electron chi connectivity index (χ0n) is 20.1. The van der Waals surface area contributed by atoms with E-state index in [0.717, 1.165) is 23.7 Å². The second kappa shape index (κ2) is 10.1. The van der Waals surface area contributed by atoms with E-state index in [1.165, 1.54) is 31.2 Å². The van der Waals surface area contributed by atoms with Gasteiger partial charge in [-0.1, -0.05) is 106 Å². The van der Waals surface area contributed by atoms with Crippen molar-refractivity contribution in [2.24, 2.45) is 34.5 Å². The van der Waals surface area contributed by atoms with Crippen molar-refractivity contribution in [3.8, 4) is 0 Å². The molecule has 1 saturated carbocycles. The van der Waals surface area contributed by atoms with Crippen LogP contribution in [0.3, 0.4) is 0 Å². The van der Waals surface area contributed by atoms with Crippen LogP contribution >= 0.6 is 0 Å². The van der Waals surface area contributed by atoms with Crippen molar-refractivity contribution in [1.29, 1.82) is 0 Å². The first-order chi connectivity index (χ1) is 12.3. The van der Waals surface area contributed by atoms with Crippen LogP contribution in [0.25, 0.3) is 0 Å². The summed E-state index contributed by atoms with van der Waals surface area (Å²) in [4.78, 5) is 0. The van der Waals surface area contributed by atoms with Crippen LogP contribution in [0.1, 0.15) is 106 Å². The van der Waals surface area contributed by atoms with Crippen LogP contribution in [-0.2, 0) is 0 Å². The molecule has 0 nitrogen and oxygen atoms in total. The van der Waals surface area contributed by atoms with E-state index in [0.29, 0.717) is 16.7 Å². The minimum Gasteiger partial charge on any atom is -0.0625 e. The Labute approximate surface area is 171 Å². The van der Waals surface area contributed by atoms with Crippen molar-refractivity contribution in [2.75, 3.05) is 0 Å². The maximum Gasteiger partial charge on any atom is -0.0185 e. The van der Waals surface area contributed by atoms with E-state index in [2.05, 4.69) is 99.6 Å². The average molecular weight is 373 g/mol. The lowest BCUT2D eigenvalue weighted by Crippen LogP contribution is -2.36. The van der Waals surface area contributed by atoms with E-state index in [4.69, 9.17) is 0 Å². The molecule has 27 heavy (non-hydrogen) atoms. The maximum atomic E-state index is 2.43. The Morgan fingerprint density at radius 1 is 0.889 bits per heavy atom. The van der Waals surface area contributed by atoms with Crippen LogP contribution in [0.4, 0.5) is 0 Å². The Balaban J connectivity index is 0.000000271. The Hall–Kier alpha value is -0.780. The van der Waals surface area contributed by atoms with Gasteiger partial charge in [-0.05, 0) is 65.2 Å². The van der Waals surface area contributed by atoms with Crippen LogP contribution in [0.2, 0.25) is 0 Å². The third-order valence-corrected chi connectivity index (χ3v) is 6.42. The highest BCUT2D eigenvalue weighted by Crippen LogP contribution is 2.46. The summed E-state index contributed by atoms with van der Waals surface area (Å²) in [7, 11) is 0. The smallest absolute Gasteiger partial charge is 0.0185 e. The fourth-order valence-corrected chi connectivity index (χ4v) is 5.02. The predicted octanol–water partition coefficient (Wildman–Crippen LogP) is 8.97. The molecule has 4 unspecified atom stereocenters. The molecule has 0 N–H and O–H groups in total. The topological polar surface area (TPSA) is 0 Å². The molecule has 1 aromatic carbocycles. The zero-order valence-corrected chi connectivity index (χ0v) is 20.1. The highest BCUT2D eigenvalue weighted by atomic mass is 14.4. The largest absolute Gasteiger partial charge is 0.0625 e. The standard InChI is InChI=1S/C14H28.C13H20/c1-10(2)12-8-7-11(3)9-13(12)14(4,5)6;1-11(10-13(2,3)4)12-8-6-5-7-9-12/h10-13H,7-9H2,1-6H3;5-9,11H,10H2,1-4H3. The van der Waals surface area contributed by atoms with Gasteiger partial charge in [0.25, 0.3) is 0 Å². The van der Waals surface area contributed by atoms with Crippen LogP contribution in [0, 0.1) is 34.5 Å². The van der Waals surface area contributed by atoms with Crippen LogP contribution in [0.15, 0.2) is 30.3 Å². The molecule has 156 valence electrons. The maximum absolute atomic E-state index is 2.43. The fraction of sp³-hybridized carbons (Fsp3) is 0.778. The van der Waals surface area contributed by atoms with E-state index in [-0.39, 0.29) is 0 Å². The molecule has 4 atom stereocenters. The van der Waals surface area contributed by atoms with Crippen molar-refractivity contribution in [1.82, 2.24) is 0 Å². The molecule has 1 aromatic rings. The molecular weight excluding hydrogens is 324 g/mol. The van der Waals surface area contributed by atoms with Crippen molar-refractivity contribution < 1.29 is 0 Å². The highest BCUT2D eigenvalue weighted by Gasteiger charge is 2.37. The van der Waals surface area contributed by atoms with Crippen LogP contribution < -0.4 is 0 Å². The van der Waals surface area contributed by atoms with Crippen LogP contribution in [-0.4, -0.2) is 0 Å².